The van der Waals surface area contributed by atoms with Crippen LogP contribution in [0, 0.1) is 11.6 Å². The van der Waals surface area contributed by atoms with Crippen molar-refractivity contribution in [1.29, 1.82) is 0 Å². The van der Waals surface area contributed by atoms with Crippen LogP contribution in [0.1, 0.15) is 22.1 Å². The highest BCUT2D eigenvalue weighted by Crippen LogP contribution is 2.36. The van der Waals surface area contributed by atoms with Gasteiger partial charge in [0.25, 0.3) is 0 Å². The van der Waals surface area contributed by atoms with Gasteiger partial charge in [0.05, 0.1) is 21.2 Å². The molecule has 1 unspecified atom stereocenters. The number of rotatable bonds is 7. The van der Waals surface area contributed by atoms with Gasteiger partial charge in [-0.2, -0.15) is 0 Å². The van der Waals surface area contributed by atoms with Gasteiger partial charge in [0, 0.05) is 21.8 Å². The maximum atomic E-state index is 14.8. The van der Waals surface area contributed by atoms with Gasteiger partial charge in [0.15, 0.2) is 19.7 Å². The molecule has 4 rings (SSSR count). The minimum Gasteiger partial charge on any atom is -0.259 e. The van der Waals surface area contributed by atoms with Gasteiger partial charge < -0.3 is 0 Å². The fourth-order valence-electron chi connectivity index (χ4n) is 3.58. The minimum atomic E-state index is -4.32. The molecule has 0 spiro atoms. The van der Waals surface area contributed by atoms with Gasteiger partial charge in [0.1, 0.15) is 16.9 Å². The van der Waals surface area contributed by atoms with E-state index in [0.29, 0.717) is 10.0 Å². The fourth-order valence-corrected chi connectivity index (χ4v) is 6.92. The Morgan fingerprint density at radius 3 is 1.89 bits per heavy atom. The Bertz CT molecular complexity index is 1610. The quantitative estimate of drug-likeness (QED) is 0.265. The molecule has 36 heavy (non-hydrogen) atoms. The highest BCUT2D eigenvalue weighted by atomic mass is 35.5. The lowest BCUT2D eigenvalue weighted by Crippen LogP contribution is -2.18. The van der Waals surface area contributed by atoms with Gasteiger partial charge in [-0.25, -0.2) is 25.6 Å². The average Bonchev–Trinajstić information content (AvgIpc) is 2.83. The van der Waals surface area contributed by atoms with Crippen molar-refractivity contribution in [3.63, 3.8) is 0 Å². The van der Waals surface area contributed by atoms with Crippen molar-refractivity contribution in [3.05, 3.63) is 124 Å². The Morgan fingerprint density at radius 2 is 1.33 bits per heavy atom. The molecule has 0 radical (unpaired) electrons. The van der Waals surface area contributed by atoms with Crippen molar-refractivity contribution < 1.29 is 25.6 Å². The molecule has 0 bridgehead atoms. The molecular weight excluding hydrogens is 551 g/mol. The molecule has 5 nitrogen and oxygen atoms in total. The first kappa shape index (κ1) is 26.2. The van der Waals surface area contributed by atoms with E-state index in [1.54, 1.807) is 0 Å². The Kier molecular flexibility index (Phi) is 7.47. The predicted molar refractivity (Wildman–Crippen MR) is 133 cm³/mol. The molecule has 4 aromatic rings. The van der Waals surface area contributed by atoms with Gasteiger partial charge in [-0.05, 0) is 78.4 Å². The lowest BCUT2D eigenvalue weighted by atomic mass is 10.1. The summed E-state index contributed by atoms with van der Waals surface area (Å²) in [7, 11) is -8.06. The smallest absolute Gasteiger partial charge is 0.191 e. The van der Waals surface area contributed by atoms with Gasteiger partial charge >= 0.3 is 0 Å². The monoisotopic (exact) mass is 567 g/mol. The summed E-state index contributed by atoms with van der Waals surface area (Å²) < 4.78 is 81.4. The van der Waals surface area contributed by atoms with Gasteiger partial charge in [-0.15, -0.1) is 0 Å². The van der Waals surface area contributed by atoms with E-state index in [9.17, 15) is 25.6 Å². The second-order valence-corrected chi connectivity index (χ2v) is 12.7. The maximum Gasteiger partial charge on any atom is 0.191 e. The summed E-state index contributed by atoms with van der Waals surface area (Å²) in [6.07, 6.45) is 1.20. The van der Waals surface area contributed by atoms with Crippen LogP contribution >= 0.6 is 23.2 Å². The molecule has 0 saturated heterocycles. The summed E-state index contributed by atoms with van der Waals surface area (Å²) >= 11 is 11.7. The van der Waals surface area contributed by atoms with Crippen molar-refractivity contribution in [2.24, 2.45) is 0 Å². The molecule has 0 amide bonds. The zero-order chi connectivity index (χ0) is 26.1. The number of hydrogen-bond donors (Lipinski definition) is 0. The average molecular weight is 568 g/mol. The topological polar surface area (TPSA) is 81.2 Å². The maximum absolute atomic E-state index is 14.8. The molecule has 0 aliphatic rings. The van der Waals surface area contributed by atoms with Crippen molar-refractivity contribution in [1.82, 2.24) is 4.98 Å². The van der Waals surface area contributed by atoms with Crippen LogP contribution in [0.4, 0.5) is 8.78 Å². The fraction of sp³-hybridized carbons (Fsp3) is 0.0800. The van der Waals surface area contributed by atoms with E-state index in [1.165, 1.54) is 66.9 Å². The minimum absolute atomic E-state index is 0.0565. The summed E-state index contributed by atoms with van der Waals surface area (Å²) in [6.45, 7) is 0. The number of benzene rings is 3. The zero-order valence-electron chi connectivity index (χ0n) is 18.3. The van der Waals surface area contributed by atoms with E-state index in [-0.39, 0.29) is 21.0 Å². The molecule has 1 atom stereocenters. The van der Waals surface area contributed by atoms with Crippen LogP contribution < -0.4 is 0 Å². The third-order valence-electron chi connectivity index (χ3n) is 5.34. The summed E-state index contributed by atoms with van der Waals surface area (Å²) in [5, 5.41) is -1.01. The van der Waals surface area contributed by atoms with E-state index in [0.717, 1.165) is 18.2 Å². The first-order valence-corrected chi connectivity index (χ1v) is 14.3. The normalized spacial score (nSPS) is 12.9. The highest BCUT2D eigenvalue weighted by molar-refractivity contribution is 7.92. The van der Waals surface area contributed by atoms with E-state index < -0.39 is 47.9 Å². The van der Waals surface area contributed by atoms with Crippen LogP contribution in [0.2, 0.25) is 10.0 Å². The molecule has 0 aliphatic carbocycles. The second kappa shape index (κ2) is 10.3. The summed E-state index contributed by atoms with van der Waals surface area (Å²) in [5.41, 5.74) is -0.267. The largest absolute Gasteiger partial charge is 0.259 e. The van der Waals surface area contributed by atoms with Gasteiger partial charge in [0.2, 0.25) is 0 Å². The number of pyridine rings is 1. The molecule has 0 aliphatic heterocycles. The summed E-state index contributed by atoms with van der Waals surface area (Å²) in [6, 6.07) is 16.1. The molecular formula is C25H17Cl2F2NO4S2. The number of nitrogens with zero attached hydrogens (tertiary/aromatic N) is 1. The molecule has 0 N–H and O–H groups in total. The van der Waals surface area contributed by atoms with Crippen molar-refractivity contribution in [2.75, 3.05) is 0 Å². The Balaban J connectivity index is 1.75. The Hall–Kier alpha value is -2.85. The van der Waals surface area contributed by atoms with Gasteiger partial charge in [-0.1, -0.05) is 29.3 Å². The van der Waals surface area contributed by atoms with Crippen LogP contribution in [0.3, 0.4) is 0 Å². The second-order valence-electron chi connectivity index (χ2n) is 7.85. The first-order chi connectivity index (χ1) is 17.0. The van der Waals surface area contributed by atoms with Crippen molar-refractivity contribution in [2.45, 2.75) is 20.8 Å². The third-order valence-corrected chi connectivity index (χ3v) is 9.59. The van der Waals surface area contributed by atoms with E-state index in [4.69, 9.17) is 23.2 Å². The van der Waals surface area contributed by atoms with Crippen molar-refractivity contribution >= 4 is 42.9 Å². The van der Waals surface area contributed by atoms with Crippen LogP contribution in [-0.2, 0) is 25.4 Å². The SMILES string of the molecule is O=S(=O)(Cc1ccc(C(c2cc(F)ccc2F)S(=O)(=O)c2ccc(Cl)cc2)nc1)c1ccc(Cl)cc1. The highest BCUT2D eigenvalue weighted by Gasteiger charge is 2.34. The lowest BCUT2D eigenvalue weighted by Gasteiger charge is -2.19. The number of sulfone groups is 2. The molecule has 1 aromatic heterocycles. The van der Waals surface area contributed by atoms with Gasteiger partial charge in [-0.3, -0.25) is 4.98 Å². The summed E-state index contributed by atoms with van der Waals surface area (Å²) in [4.78, 5) is 4.03. The molecule has 0 saturated carbocycles. The molecule has 3 aromatic carbocycles. The molecule has 0 fully saturated rings. The molecule has 1 heterocycles. The van der Waals surface area contributed by atoms with E-state index in [2.05, 4.69) is 4.98 Å². The molecule has 186 valence electrons. The standard InChI is InChI=1S/C25H17Cl2F2NO4S2/c26-17-2-7-20(8-3-17)35(31,32)15-16-1-12-24(30-14-16)25(22-13-19(28)6-11-23(22)29)36(33,34)21-9-4-18(27)5-10-21/h1-14,25H,15H2. The number of hydrogen-bond acceptors (Lipinski definition) is 5. The van der Waals surface area contributed by atoms with E-state index in [1.807, 2.05) is 0 Å². The Morgan fingerprint density at radius 1 is 0.750 bits per heavy atom. The number of aromatic nitrogens is 1. The van der Waals surface area contributed by atoms with Crippen LogP contribution in [0.5, 0.6) is 0 Å². The lowest BCUT2D eigenvalue weighted by molar-refractivity contribution is 0.568. The van der Waals surface area contributed by atoms with Crippen LogP contribution in [0.15, 0.2) is 94.9 Å². The summed E-state index contributed by atoms with van der Waals surface area (Å²) in [5.74, 6) is -2.17. The molecule has 11 heteroatoms. The zero-order valence-corrected chi connectivity index (χ0v) is 21.4. The third kappa shape index (κ3) is 5.59. The first-order valence-electron chi connectivity index (χ1n) is 10.3. The Labute approximate surface area is 217 Å². The van der Waals surface area contributed by atoms with E-state index >= 15 is 0 Å². The predicted octanol–water partition coefficient (Wildman–Crippen LogP) is 6.20. The van der Waals surface area contributed by atoms with Crippen LogP contribution in [-0.4, -0.2) is 21.8 Å². The van der Waals surface area contributed by atoms with Crippen molar-refractivity contribution in [3.8, 4) is 0 Å². The van der Waals surface area contributed by atoms with Crippen LogP contribution in [0.25, 0.3) is 0 Å². The number of halogens is 4.